The molecule has 3 aromatic heterocycles. The van der Waals surface area contributed by atoms with Gasteiger partial charge in [0.05, 0.1) is 29.1 Å². The number of aryl methyl sites for hydroxylation is 1. The zero-order chi connectivity index (χ0) is 33.3. The van der Waals surface area contributed by atoms with Crippen LogP contribution >= 0.6 is 0 Å². The maximum atomic E-state index is 15.4. The summed E-state index contributed by atoms with van der Waals surface area (Å²) in [4.78, 5) is 48.8. The van der Waals surface area contributed by atoms with E-state index in [2.05, 4.69) is 9.97 Å². The largest absolute Gasteiger partial charge is 0.481 e. The van der Waals surface area contributed by atoms with Crippen molar-refractivity contribution in [3.05, 3.63) is 87.6 Å². The van der Waals surface area contributed by atoms with E-state index in [1.807, 2.05) is 0 Å². The molecule has 240 valence electrons. The Morgan fingerprint density at radius 1 is 1.17 bits per heavy atom. The number of hydrogen-bond acceptors (Lipinski definition) is 7. The molecule has 0 aliphatic carbocycles. The maximum absolute atomic E-state index is 15.4. The highest BCUT2D eigenvalue weighted by molar-refractivity contribution is 7.90. The van der Waals surface area contributed by atoms with Crippen LogP contribution in [0, 0.1) is 17.0 Å². The number of nitrogens with one attached hydrogen (secondary N) is 1. The molecule has 0 saturated heterocycles. The molecule has 4 aromatic rings. The van der Waals surface area contributed by atoms with Gasteiger partial charge in [0, 0.05) is 66.9 Å². The quantitative estimate of drug-likeness (QED) is 0.291. The van der Waals surface area contributed by atoms with Crippen molar-refractivity contribution in [3.63, 3.8) is 0 Å². The number of carboxylic acid groups (broad SMARTS) is 1. The molecule has 2 aliphatic rings. The third-order valence-electron chi connectivity index (χ3n) is 8.66. The number of halogens is 2. The summed E-state index contributed by atoms with van der Waals surface area (Å²) >= 11 is 0. The Morgan fingerprint density at radius 3 is 2.59 bits per heavy atom. The number of aliphatic carboxylic acids is 1. The number of aromatic nitrogens is 3. The fourth-order valence-electron chi connectivity index (χ4n) is 6.17. The molecule has 46 heavy (non-hydrogen) atoms. The number of sulfone groups is 1. The van der Waals surface area contributed by atoms with Crippen LogP contribution in [0.4, 0.5) is 20.3 Å². The number of nitrogens with zero attached hydrogens (tertiary/aromatic N) is 4. The zero-order valence-electron chi connectivity index (χ0n) is 25.5. The predicted molar refractivity (Wildman–Crippen MR) is 168 cm³/mol. The van der Waals surface area contributed by atoms with E-state index in [1.165, 1.54) is 40.4 Å². The van der Waals surface area contributed by atoms with Crippen molar-refractivity contribution in [1.82, 2.24) is 19.4 Å². The number of rotatable bonds is 6. The number of carbonyl (C=O) groups is 2. The van der Waals surface area contributed by atoms with E-state index in [0.29, 0.717) is 39.3 Å². The first-order valence-corrected chi connectivity index (χ1v) is 16.4. The number of aromatic amines is 1. The van der Waals surface area contributed by atoms with Gasteiger partial charge < -0.3 is 24.5 Å². The van der Waals surface area contributed by atoms with Crippen LogP contribution in [0.1, 0.15) is 47.0 Å². The number of amides is 1. The lowest BCUT2D eigenvalue weighted by Crippen LogP contribution is -2.32. The smallest absolute Gasteiger partial charge is 0.312 e. The topological polar surface area (TPSA) is 146 Å². The van der Waals surface area contributed by atoms with E-state index < -0.39 is 44.0 Å². The molecular formula is C32H31F2N5O6S. The van der Waals surface area contributed by atoms with Crippen molar-refractivity contribution < 1.29 is 31.9 Å². The average molecular weight is 652 g/mol. The molecule has 14 heteroatoms. The number of pyridine rings is 2. The second kappa shape index (κ2) is 10.9. The maximum Gasteiger partial charge on any atom is 0.312 e. The second-order valence-electron chi connectivity index (χ2n) is 12.3. The number of H-pyrrole nitrogens is 1. The van der Waals surface area contributed by atoms with E-state index in [9.17, 15) is 32.3 Å². The summed E-state index contributed by atoms with van der Waals surface area (Å²) < 4.78 is 57.2. The van der Waals surface area contributed by atoms with Gasteiger partial charge in [0.15, 0.2) is 21.5 Å². The molecule has 0 saturated carbocycles. The summed E-state index contributed by atoms with van der Waals surface area (Å²) in [6.07, 6.45) is 8.32. The van der Waals surface area contributed by atoms with Gasteiger partial charge in [-0.25, -0.2) is 22.2 Å². The second-order valence-corrected chi connectivity index (χ2v) is 14.5. The van der Waals surface area contributed by atoms with Gasteiger partial charge in [-0.15, -0.1) is 0 Å². The van der Waals surface area contributed by atoms with Gasteiger partial charge in [-0.2, -0.15) is 0 Å². The van der Waals surface area contributed by atoms with Crippen molar-refractivity contribution in [2.24, 2.45) is 12.5 Å². The van der Waals surface area contributed by atoms with E-state index in [4.69, 9.17) is 0 Å². The molecule has 1 amide bonds. The first-order chi connectivity index (χ1) is 21.6. The van der Waals surface area contributed by atoms with Crippen LogP contribution in [0.2, 0.25) is 0 Å². The van der Waals surface area contributed by atoms with Crippen LogP contribution in [0.5, 0.6) is 0 Å². The number of carbonyl (C=O) groups excluding carboxylic acids is 1. The highest BCUT2D eigenvalue weighted by atomic mass is 32.2. The Balaban J connectivity index is 1.61. The number of hydrogen-bond donors (Lipinski definition) is 2. The van der Waals surface area contributed by atoms with Crippen LogP contribution in [0.25, 0.3) is 22.0 Å². The summed E-state index contributed by atoms with van der Waals surface area (Å²) in [5.41, 5.74) is 1.01. The molecule has 2 aliphatic heterocycles. The van der Waals surface area contributed by atoms with Crippen LogP contribution in [-0.4, -0.2) is 64.2 Å². The summed E-state index contributed by atoms with van der Waals surface area (Å²) in [7, 11) is -2.18. The van der Waals surface area contributed by atoms with Crippen LogP contribution in [0.15, 0.2) is 53.7 Å². The minimum atomic E-state index is -3.76. The Morgan fingerprint density at radius 2 is 1.91 bits per heavy atom. The minimum absolute atomic E-state index is 0.0120. The highest BCUT2D eigenvalue weighted by Gasteiger charge is 2.37. The van der Waals surface area contributed by atoms with Crippen LogP contribution in [0.3, 0.4) is 0 Å². The molecule has 6 rings (SSSR count). The average Bonchev–Trinajstić information content (AvgIpc) is 3.28. The summed E-state index contributed by atoms with van der Waals surface area (Å²) in [6.45, 7) is 3.11. The molecule has 0 radical (unpaired) electrons. The molecule has 1 unspecified atom stereocenters. The van der Waals surface area contributed by atoms with Gasteiger partial charge in [-0.3, -0.25) is 14.4 Å². The third kappa shape index (κ3) is 5.15. The number of anilines is 2. The van der Waals surface area contributed by atoms with Crippen molar-refractivity contribution >= 4 is 44.1 Å². The number of benzene rings is 1. The van der Waals surface area contributed by atoms with Gasteiger partial charge in [-0.05, 0) is 43.5 Å². The van der Waals surface area contributed by atoms with Gasteiger partial charge >= 0.3 is 5.97 Å². The third-order valence-corrected chi connectivity index (χ3v) is 10.2. The lowest BCUT2D eigenvalue weighted by atomic mass is 9.93. The lowest BCUT2D eigenvalue weighted by molar-refractivity contribution is -0.144. The van der Waals surface area contributed by atoms with E-state index in [0.717, 1.165) is 12.5 Å². The first kappa shape index (κ1) is 31.1. The van der Waals surface area contributed by atoms with Crippen molar-refractivity contribution in [2.45, 2.75) is 32.1 Å². The van der Waals surface area contributed by atoms with Crippen LogP contribution in [-0.2, 0) is 28.2 Å². The molecular weight excluding hydrogens is 620 g/mol. The molecule has 1 aromatic carbocycles. The SMILES string of the molecule is Cn1cc2c3c(c[nH]c3c1=O)CN(c1ncc(F)cc1F)c1cc3c(cc1-2)C(S(C)(=O)=O)CCN(C/C=C/C(C)(C)C(=O)O)C3=O. The van der Waals surface area contributed by atoms with E-state index in [-0.39, 0.29) is 48.6 Å². The number of carboxylic acids is 1. The Hall–Kier alpha value is -4.85. The monoisotopic (exact) mass is 651 g/mol. The molecule has 0 bridgehead atoms. The predicted octanol–water partition coefficient (Wildman–Crippen LogP) is 4.46. The molecule has 0 spiro atoms. The Kier molecular flexibility index (Phi) is 7.38. The van der Waals surface area contributed by atoms with Gasteiger partial charge in [0.1, 0.15) is 11.3 Å². The normalized spacial score (nSPS) is 16.8. The number of fused-ring (bicyclic) bond motifs is 3. The Labute approximate surface area is 262 Å². The fourth-order valence-corrected chi connectivity index (χ4v) is 7.36. The van der Waals surface area contributed by atoms with Crippen molar-refractivity contribution in [1.29, 1.82) is 0 Å². The van der Waals surface area contributed by atoms with Gasteiger partial charge in [0.25, 0.3) is 11.5 Å². The first-order valence-electron chi connectivity index (χ1n) is 14.4. The summed E-state index contributed by atoms with van der Waals surface area (Å²) in [5.74, 6) is -3.61. The Bertz CT molecular complexity index is 2150. The van der Waals surface area contributed by atoms with Crippen molar-refractivity contribution in [3.8, 4) is 11.1 Å². The minimum Gasteiger partial charge on any atom is -0.481 e. The molecule has 0 fully saturated rings. The summed E-state index contributed by atoms with van der Waals surface area (Å²) in [5, 5.41) is 8.96. The highest BCUT2D eigenvalue weighted by Crippen LogP contribution is 2.47. The standard InChI is InChI=1S/C32H31F2N5O6S/c1-32(2,31(42)43)7-5-8-38-9-6-25(46(4,44)45)20-11-19-22-16-37(3)30(41)27-26(22)17(13-35-27)15-39(24(19)12-21(20)29(38)40)28-23(34)10-18(33)14-36-28/h5,7,10-14,16,25,35H,6,8-9,15H2,1-4H3,(H,42,43)/b7-5+. The van der Waals surface area contributed by atoms with Gasteiger partial charge in [-0.1, -0.05) is 12.2 Å². The van der Waals surface area contributed by atoms with E-state index in [1.54, 1.807) is 31.6 Å². The molecule has 11 nitrogen and oxygen atoms in total. The molecule has 2 N–H and O–H groups in total. The van der Waals surface area contributed by atoms with Crippen LogP contribution < -0.4 is 10.5 Å². The molecule has 5 heterocycles. The van der Waals surface area contributed by atoms with E-state index >= 15 is 4.39 Å². The zero-order valence-corrected chi connectivity index (χ0v) is 26.3. The summed E-state index contributed by atoms with van der Waals surface area (Å²) in [6, 6.07) is 3.81. The van der Waals surface area contributed by atoms with Gasteiger partial charge in [0.2, 0.25) is 0 Å². The fraction of sp³-hybridized carbons (Fsp3) is 0.312. The lowest BCUT2D eigenvalue weighted by Gasteiger charge is -2.27. The van der Waals surface area contributed by atoms with Crippen molar-refractivity contribution in [2.75, 3.05) is 24.2 Å². The molecule has 1 atom stereocenters.